The molecule has 2 aromatic carbocycles. The van der Waals surface area contributed by atoms with Gasteiger partial charge in [0.15, 0.2) is 11.7 Å². The lowest BCUT2D eigenvalue weighted by Crippen LogP contribution is -2.57. The van der Waals surface area contributed by atoms with Crippen molar-refractivity contribution in [1.29, 1.82) is 0 Å². The molecule has 2 aromatic rings. The minimum atomic E-state index is -1.84. The van der Waals surface area contributed by atoms with Crippen molar-refractivity contribution >= 4 is 63.7 Å². The van der Waals surface area contributed by atoms with Crippen LogP contribution in [-0.4, -0.2) is 27.6 Å². The van der Waals surface area contributed by atoms with Crippen molar-refractivity contribution in [3.05, 3.63) is 59.7 Å². The highest BCUT2D eigenvalue weighted by molar-refractivity contribution is 7.80. The quantitative estimate of drug-likeness (QED) is 0.307. The lowest BCUT2D eigenvalue weighted by Gasteiger charge is -2.28. The zero-order valence-electron chi connectivity index (χ0n) is 16.0. The molecule has 0 aromatic heterocycles. The Balaban J connectivity index is 1.92. The standard InChI is InChI=1S/C20H22Cl3N3O2S/c1-3-14-8-10-15(11-9-14)28-12-17(27)25-18(20(21,22)23)26-19(29)24-16-7-5-4-6-13(16)2/h4-11,18H,3,12H2,1-2H3,(H,25,27)(H2,24,26,29)/t18-/m0/s1. The van der Waals surface area contributed by atoms with Gasteiger partial charge in [-0.05, 0) is 54.9 Å². The Morgan fingerprint density at radius 3 is 2.34 bits per heavy atom. The summed E-state index contributed by atoms with van der Waals surface area (Å²) in [6.45, 7) is 3.76. The molecule has 0 aliphatic rings. The van der Waals surface area contributed by atoms with Crippen LogP contribution in [-0.2, 0) is 11.2 Å². The SMILES string of the molecule is CCc1ccc(OCC(=O)N[C@@H](NC(=S)Nc2ccccc2C)C(Cl)(Cl)Cl)cc1. The molecule has 0 bridgehead atoms. The number of para-hydroxylation sites is 1. The van der Waals surface area contributed by atoms with Crippen molar-refractivity contribution in [3.63, 3.8) is 0 Å². The van der Waals surface area contributed by atoms with E-state index >= 15 is 0 Å². The Hall–Kier alpha value is -1.73. The summed E-state index contributed by atoms with van der Waals surface area (Å²) >= 11 is 23.3. The number of halogens is 3. The zero-order chi connectivity index (χ0) is 21.4. The monoisotopic (exact) mass is 473 g/mol. The van der Waals surface area contributed by atoms with Gasteiger partial charge in [-0.3, -0.25) is 4.79 Å². The van der Waals surface area contributed by atoms with E-state index < -0.39 is 15.9 Å². The number of carbonyl (C=O) groups excluding carboxylic acids is 1. The fourth-order valence-corrected chi connectivity index (χ4v) is 2.93. The molecule has 0 saturated carbocycles. The van der Waals surface area contributed by atoms with Crippen molar-refractivity contribution in [2.45, 2.75) is 30.2 Å². The van der Waals surface area contributed by atoms with E-state index in [1.165, 1.54) is 5.56 Å². The molecule has 0 heterocycles. The van der Waals surface area contributed by atoms with Crippen LogP contribution in [0.5, 0.6) is 5.75 Å². The Bertz CT molecular complexity index is 842. The highest BCUT2D eigenvalue weighted by atomic mass is 35.6. The first-order valence-electron chi connectivity index (χ1n) is 8.90. The second kappa shape index (κ2) is 10.9. The topological polar surface area (TPSA) is 62.4 Å². The molecule has 0 spiro atoms. The van der Waals surface area contributed by atoms with Crippen LogP contribution in [0.2, 0.25) is 0 Å². The molecule has 9 heteroatoms. The van der Waals surface area contributed by atoms with Crippen LogP contribution < -0.4 is 20.7 Å². The van der Waals surface area contributed by atoms with Gasteiger partial charge in [-0.2, -0.15) is 0 Å². The second-order valence-corrected chi connectivity index (χ2v) is 9.02. The van der Waals surface area contributed by atoms with Crippen molar-refractivity contribution < 1.29 is 9.53 Å². The van der Waals surface area contributed by atoms with Gasteiger partial charge in [-0.1, -0.05) is 72.1 Å². The molecule has 0 aliphatic heterocycles. The third-order valence-corrected chi connectivity index (χ3v) is 4.88. The molecule has 0 unspecified atom stereocenters. The number of hydrogen-bond donors (Lipinski definition) is 3. The third-order valence-electron chi connectivity index (χ3n) is 4.00. The molecular formula is C20H22Cl3N3O2S. The Labute approximate surface area is 191 Å². The van der Waals surface area contributed by atoms with Crippen molar-refractivity contribution in [3.8, 4) is 5.75 Å². The summed E-state index contributed by atoms with van der Waals surface area (Å²) in [5.41, 5.74) is 2.98. The highest BCUT2D eigenvalue weighted by Gasteiger charge is 2.34. The maximum Gasteiger partial charge on any atom is 0.259 e. The summed E-state index contributed by atoms with van der Waals surface area (Å²) in [7, 11) is 0. The average molecular weight is 475 g/mol. The van der Waals surface area contributed by atoms with E-state index in [1.54, 1.807) is 12.1 Å². The Morgan fingerprint density at radius 1 is 1.10 bits per heavy atom. The van der Waals surface area contributed by atoms with E-state index in [1.807, 2.05) is 43.3 Å². The van der Waals surface area contributed by atoms with Crippen molar-refractivity contribution in [1.82, 2.24) is 10.6 Å². The number of hydrogen-bond acceptors (Lipinski definition) is 3. The van der Waals surface area contributed by atoms with Crippen molar-refractivity contribution in [2.75, 3.05) is 11.9 Å². The number of aryl methyl sites for hydroxylation is 2. The fraction of sp³-hybridized carbons (Fsp3) is 0.300. The van der Waals surface area contributed by atoms with E-state index in [-0.39, 0.29) is 11.7 Å². The lowest BCUT2D eigenvalue weighted by molar-refractivity contribution is -0.123. The molecule has 0 saturated heterocycles. The predicted molar refractivity (Wildman–Crippen MR) is 124 cm³/mol. The summed E-state index contributed by atoms with van der Waals surface area (Å²) in [5.74, 6) is 0.111. The molecule has 29 heavy (non-hydrogen) atoms. The minimum absolute atomic E-state index is 0.201. The van der Waals surface area contributed by atoms with Crippen LogP contribution in [0.25, 0.3) is 0 Å². The van der Waals surface area contributed by atoms with Gasteiger partial charge < -0.3 is 20.7 Å². The first-order valence-corrected chi connectivity index (χ1v) is 10.4. The van der Waals surface area contributed by atoms with Crippen molar-refractivity contribution in [2.24, 2.45) is 0 Å². The van der Waals surface area contributed by atoms with Gasteiger partial charge in [0.2, 0.25) is 3.79 Å². The maximum atomic E-state index is 12.3. The number of nitrogens with one attached hydrogen (secondary N) is 3. The molecule has 0 fully saturated rings. The van der Waals surface area contributed by atoms with E-state index in [4.69, 9.17) is 51.8 Å². The van der Waals surface area contributed by atoms with E-state index in [0.717, 1.165) is 17.7 Å². The molecule has 2 rings (SSSR count). The molecule has 3 N–H and O–H groups in total. The van der Waals surface area contributed by atoms with Crippen LogP contribution in [0, 0.1) is 6.92 Å². The third kappa shape index (κ3) is 7.90. The number of benzene rings is 2. The van der Waals surface area contributed by atoms with Crippen LogP contribution in [0.4, 0.5) is 5.69 Å². The summed E-state index contributed by atoms with van der Waals surface area (Å²) in [6.07, 6.45) is -0.136. The molecule has 1 amide bonds. The number of anilines is 1. The predicted octanol–water partition coefficient (Wildman–Crippen LogP) is 4.74. The maximum absolute atomic E-state index is 12.3. The summed E-state index contributed by atoms with van der Waals surface area (Å²) in [4.78, 5) is 12.3. The number of rotatable bonds is 7. The Kier molecular flexibility index (Phi) is 8.83. The first kappa shape index (κ1) is 23.5. The van der Waals surface area contributed by atoms with Gasteiger partial charge in [-0.25, -0.2) is 0 Å². The van der Waals surface area contributed by atoms with Gasteiger partial charge in [0, 0.05) is 5.69 Å². The lowest BCUT2D eigenvalue weighted by atomic mass is 10.2. The Morgan fingerprint density at radius 2 is 1.76 bits per heavy atom. The van der Waals surface area contributed by atoms with Gasteiger partial charge >= 0.3 is 0 Å². The fourth-order valence-electron chi connectivity index (χ4n) is 2.38. The number of alkyl halides is 3. The molecular weight excluding hydrogens is 453 g/mol. The molecule has 0 aliphatic carbocycles. The second-order valence-electron chi connectivity index (χ2n) is 6.24. The number of amides is 1. The van der Waals surface area contributed by atoms with Crippen LogP contribution >= 0.6 is 47.0 Å². The van der Waals surface area contributed by atoms with Gasteiger partial charge in [-0.15, -0.1) is 0 Å². The summed E-state index contributed by atoms with van der Waals surface area (Å²) in [6, 6.07) is 15.1. The highest BCUT2D eigenvalue weighted by Crippen LogP contribution is 2.29. The molecule has 1 atom stereocenters. The molecule has 0 radical (unpaired) electrons. The van der Waals surface area contributed by atoms with Gasteiger partial charge in [0.05, 0.1) is 0 Å². The number of ether oxygens (including phenoxy) is 1. The zero-order valence-corrected chi connectivity index (χ0v) is 19.1. The van der Waals surface area contributed by atoms with Gasteiger partial charge in [0.25, 0.3) is 5.91 Å². The number of thiocarbonyl (C=S) groups is 1. The molecule has 5 nitrogen and oxygen atoms in total. The summed E-state index contributed by atoms with van der Waals surface area (Å²) in [5, 5.41) is 8.61. The minimum Gasteiger partial charge on any atom is -0.484 e. The van der Waals surface area contributed by atoms with Gasteiger partial charge in [0.1, 0.15) is 11.9 Å². The van der Waals surface area contributed by atoms with E-state index in [0.29, 0.717) is 5.75 Å². The summed E-state index contributed by atoms with van der Waals surface area (Å²) < 4.78 is 3.64. The largest absolute Gasteiger partial charge is 0.484 e. The normalized spacial score (nSPS) is 12.0. The molecule has 156 valence electrons. The van der Waals surface area contributed by atoms with Crippen LogP contribution in [0.3, 0.4) is 0 Å². The van der Waals surface area contributed by atoms with E-state index in [2.05, 4.69) is 22.9 Å². The van der Waals surface area contributed by atoms with Crippen LogP contribution in [0.15, 0.2) is 48.5 Å². The van der Waals surface area contributed by atoms with Crippen LogP contribution in [0.1, 0.15) is 18.1 Å². The number of carbonyl (C=O) groups is 1. The average Bonchev–Trinajstić information content (AvgIpc) is 2.67. The first-order chi connectivity index (χ1) is 13.7. The van der Waals surface area contributed by atoms with E-state index in [9.17, 15) is 4.79 Å². The smallest absolute Gasteiger partial charge is 0.259 e.